The summed E-state index contributed by atoms with van der Waals surface area (Å²) in [5.41, 5.74) is 0. The first-order valence-corrected chi connectivity index (χ1v) is 6.69. The maximum atomic E-state index is 11.9. The van der Waals surface area contributed by atoms with Gasteiger partial charge in [0.05, 0.1) is 12.1 Å². The van der Waals surface area contributed by atoms with Crippen molar-refractivity contribution in [1.82, 2.24) is 10.2 Å². The molecule has 0 bridgehead atoms. The van der Waals surface area contributed by atoms with Gasteiger partial charge in [-0.25, -0.2) is 0 Å². The Morgan fingerprint density at radius 2 is 2.29 bits per heavy atom. The Morgan fingerprint density at radius 1 is 1.53 bits per heavy atom. The van der Waals surface area contributed by atoms with Crippen molar-refractivity contribution in [2.24, 2.45) is 0 Å². The van der Waals surface area contributed by atoms with E-state index in [1.807, 2.05) is 11.8 Å². The van der Waals surface area contributed by atoms with Crippen LogP contribution in [0.1, 0.15) is 46.0 Å². The van der Waals surface area contributed by atoms with Gasteiger partial charge in [-0.15, -0.1) is 0 Å². The Morgan fingerprint density at radius 3 is 2.94 bits per heavy atom. The number of carbonyl (C=O) groups is 2. The van der Waals surface area contributed by atoms with Crippen LogP contribution in [0.15, 0.2) is 0 Å². The van der Waals surface area contributed by atoms with Crippen LogP contribution in [0.3, 0.4) is 0 Å². The van der Waals surface area contributed by atoms with E-state index >= 15 is 0 Å². The van der Waals surface area contributed by atoms with Crippen LogP contribution in [0.4, 0.5) is 0 Å². The molecule has 0 radical (unpaired) electrons. The molecular formula is C13H24N2O2. The van der Waals surface area contributed by atoms with Crippen molar-refractivity contribution in [2.45, 2.75) is 58.0 Å². The van der Waals surface area contributed by atoms with Crippen LogP contribution in [-0.2, 0) is 9.59 Å². The fraction of sp³-hybridized carbons (Fsp3) is 0.846. The summed E-state index contributed by atoms with van der Waals surface area (Å²) in [6, 6.07) is -0.266. The number of nitrogens with one attached hydrogen (secondary N) is 1. The van der Waals surface area contributed by atoms with Crippen LogP contribution < -0.4 is 5.32 Å². The maximum absolute atomic E-state index is 11.9. The van der Waals surface area contributed by atoms with E-state index in [0.717, 1.165) is 51.5 Å². The number of likely N-dealkylation sites (tertiary alicyclic amines) is 1. The van der Waals surface area contributed by atoms with Crippen molar-refractivity contribution >= 4 is 12.2 Å². The molecule has 0 saturated carbocycles. The molecule has 1 N–H and O–H groups in total. The van der Waals surface area contributed by atoms with Gasteiger partial charge in [0, 0.05) is 6.54 Å². The largest absolute Gasteiger partial charge is 0.355 e. The van der Waals surface area contributed by atoms with Crippen LogP contribution in [-0.4, -0.2) is 42.3 Å². The maximum Gasteiger partial charge on any atom is 0.237 e. The van der Waals surface area contributed by atoms with E-state index in [-0.39, 0.29) is 18.0 Å². The topological polar surface area (TPSA) is 49.4 Å². The second-order valence-electron chi connectivity index (χ2n) is 4.76. The van der Waals surface area contributed by atoms with E-state index in [4.69, 9.17) is 0 Å². The number of amides is 1. The van der Waals surface area contributed by atoms with Gasteiger partial charge in [-0.1, -0.05) is 19.8 Å². The average Bonchev–Trinajstić information content (AvgIpc) is 2.38. The minimum absolute atomic E-state index is 0.0483. The summed E-state index contributed by atoms with van der Waals surface area (Å²) in [4.78, 5) is 24.9. The van der Waals surface area contributed by atoms with Gasteiger partial charge in [-0.05, 0) is 32.7 Å². The molecule has 2 unspecified atom stereocenters. The zero-order valence-electron chi connectivity index (χ0n) is 10.9. The first-order chi connectivity index (χ1) is 8.20. The smallest absolute Gasteiger partial charge is 0.237 e. The van der Waals surface area contributed by atoms with Crippen LogP contribution in [0.2, 0.25) is 0 Å². The summed E-state index contributed by atoms with van der Waals surface area (Å²) in [5.74, 6) is 0.0483. The average molecular weight is 240 g/mol. The number of hydrogen-bond acceptors (Lipinski definition) is 3. The summed E-state index contributed by atoms with van der Waals surface area (Å²) in [7, 11) is 0. The van der Waals surface area contributed by atoms with Crippen LogP contribution in [0, 0.1) is 0 Å². The number of hydrogen-bond donors (Lipinski definition) is 1. The molecule has 4 nitrogen and oxygen atoms in total. The van der Waals surface area contributed by atoms with Gasteiger partial charge in [0.15, 0.2) is 0 Å². The molecule has 0 spiro atoms. The predicted octanol–water partition coefficient (Wildman–Crippen LogP) is 1.34. The minimum Gasteiger partial charge on any atom is -0.355 e. The molecule has 1 heterocycles. The van der Waals surface area contributed by atoms with Gasteiger partial charge >= 0.3 is 0 Å². The molecule has 1 aliphatic heterocycles. The summed E-state index contributed by atoms with van der Waals surface area (Å²) in [5, 5.41) is 2.93. The molecule has 0 aliphatic carbocycles. The molecule has 0 aromatic rings. The Kier molecular flexibility index (Phi) is 6.19. The van der Waals surface area contributed by atoms with E-state index in [1.54, 1.807) is 0 Å². The van der Waals surface area contributed by atoms with Crippen LogP contribution in [0.25, 0.3) is 0 Å². The van der Waals surface area contributed by atoms with Gasteiger partial charge in [-0.3, -0.25) is 9.69 Å². The van der Waals surface area contributed by atoms with E-state index in [0.29, 0.717) is 0 Å². The lowest BCUT2D eigenvalue weighted by Gasteiger charge is -2.36. The second-order valence-corrected chi connectivity index (χ2v) is 4.76. The van der Waals surface area contributed by atoms with E-state index in [1.165, 1.54) is 0 Å². The Hall–Kier alpha value is -0.900. The van der Waals surface area contributed by atoms with Gasteiger partial charge in [0.25, 0.3) is 0 Å². The summed E-state index contributed by atoms with van der Waals surface area (Å²) in [6.45, 7) is 5.58. The highest BCUT2D eigenvalue weighted by Gasteiger charge is 2.29. The zero-order valence-corrected chi connectivity index (χ0v) is 10.9. The standard InChI is InChI=1S/C13H24N2O2/c1-3-4-8-14-13(17)11(2)15-9-6-5-7-12(15)10-16/h10-12H,3-9H2,1-2H3,(H,14,17). The molecule has 1 rings (SSSR count). The Balaban J connectivity index is 2.45. The molecule has 2 atom stereocenters. The van der Waals surface area contributed by atoms with Crippen molar-refractivity contribution < 1.29 is 9.59 Å². The lowest BCUT2D eigenvalue weighted by molar-refractivity contribution is -0.128. The quantitative estimate of drug-likeness (QED) is 0.563. The third-order valence-corrected chi connectivity index (χ3v) is 3.46. The van der Waals surface area contributed by atoms with E-state index in [2.05, 4.69) is 12.2 Å². The van der Waals surface area contributed by atoms with E-state index in [9.17, 15) is 9.59 Å². The zero-order chi connectivity index (χ0) is 12.7. The van der Waals surface area contributed by atoms with Crippen molar-refractivity contribution in [3.8, 4) is 0 Å². The molecule has 1 saturated heterocycles. The summed E-state index contributed by atoms with van der Waals surface area (Å²) >= 11 is 0. The molecule has 0 aromatic heterocycles. The lowest BCUT2D eigenvalue weighted by atomic mass is 10.0. The van der Waals surface area contributed by atoms with Crippen molar-refractivity contribution in [3.05, 3.63) is 0 Å². The summed E-state index contributed by atoms with van der Waals surface area (Å²) in [6.07, 6.45) is 6.12. The van der Waals surface area contributed by atoms with Crippen LogP contribution >= 0.6 is 0 Å². The predicted molar refractivity (Wildman–Crippen MR) is 67.8 cm³/mol. The molecule has 0 aromatic carbocycles. The van der Waals surface area contributed by atoms with Crippen LogP contribution in [0.5, 0.6) is 0 Å². The SMILES string of the molecule is CCCCNC(=O)C(C)N1CCCCC1C=O. The van der Waals surface area contributed by atoms with Crippen molar-refractivity contribution in [3.63, 3.8) is 0 Å². The number of rotatable bonds is 6. The second kappa shape index (κ2) is 7.43. The van der Waals surface area contributed by atoms with Gasteiger partial charge in [-0.2, -0.15) is 0 Å². The Bertz CT molecular complexity index is 256. The Labute approximate surface area is 104 Å². The molecule has 4 heteroatoms. The highest BCUT2D eigenvalue weighted by molar-refractivity contribution is 5.81. The van der Waals surface area contributed by atoms with E-state index < -0.39 is 0 Å². The highest BCUT2D eigenvalue weighted by atomic mass is 16.2. The molecular weight excluding hydrogens is 216 g/mol. The molecule has 1 fully saturated rings. The lowest BCUT2D eigenvalue weighted by Crippen LogP contribution is -2.52. The third kappa shape index (κ3) is 4.11. The molecule has 1 amide bonds. The first kappa shape index (κ1) is 14.2. The number of carbonyl (C=O) groups excluding carboxylic acids is 2. The normalized spacial score (nSPS) is 23.1. The number of nitrogens with zero attached hydrogens (tertiary/aromatic N) is 1. The van der Waals surface area contributed by atoms with Gasteiger partial charge in [0.1, 0.15) is 6.29 Å². The van der Waals surface area contributed by atoms with Gasteiger partial charge < -0.3 is 10.1 Å². The number of unbranched alkanes of at least 4 members (excludes halogenated alkanes) is 1. The third-order valence-electron chi connectivity index (χ3n) is 3.46. The van der Waals surface area contributed by atoms with Gasteiger partial charge in [0.2, 0.25) is 5.91 Å². The number of aldehydes is 1. The molecule has 17 heavy (non-hydrogen) atoms. The molecule has 1 aliphatic rings. The fourth-order valence-corrected chi connectivity index (χ4v) is 2.29. The number of piperidine rings is 1. The monoisotopic (exact) mass is 240 g/mol. The highest BCUT2D eigenvalue weighted by Crippen LogP contribution is 2.18. The molecule has 98 valence electrons. The fourth-order valence-electron chi connectivity index (χ4n) is 2.29. The minimum atomic E-state index is -0.192. The summed E-state index contributed by atoms with van der Waals surface area (Å²) < 4.78 is 0. The van der Waals surface area contributed by atoms with Crippen molar-refractivity contribution in [1.29, 1.82) is 0 Å². The van der Waals surface area contributed by atoms with Crippen molar-refractivity contribution in [2.75, 3.05) is 13.1 Å². The first-order valence-electron chi connectivity index (χ1n) is 6.69.